The van der Waals surface area contributed by atoms with Crippen molar-refractivity contribution < 1.29 is 134 Å². The number of nitrogens with zero attached hydrogens (tertiary/aromatic N) is 2. The predicted octanol–water partition coefficient (Wildman–Crippen LogP) is 9.64. The number of carbonyl (C=O) groups excluding carboxylic acids is 6. The Hall–Kier alpha value is -5.14. The molecule has 0 aromatic carbocycles. The second-order valence-electron chi connectivity index (χ2n) is 35.1. The van der Waals surface area contributed by atoms with Crippen molar-refractivity contribution in [2.75, 3.05) is 109 Å². The summed E-state index contributed by atoms with van der Waals surface area (Å²) in [7, 11) is 13.7. The SMILES string of the molecule is CC[C@H]1OC(=O)C[C@H]2OC/C=C/COCC[C@@H](C[C@@H](C)C(=O)/C=C/C(C)=C/[C@@H]1CO[C@@H]1OC(C)[C@@H](C)[C@H](OC)C1OC)[C@H](O[C@@H]1OC(C)[C@@H](O)C(N(C)C)C1O)[C@H]2C.CC[C@H]1OC(=O)C[C@H]2OC/C=C/COCC[C@@H](C[C@@H](C)C(=O)/C=C/C(C)=C/[C@@H]1CO[C@@H]1OC(C)[C@@H](C)[C@H](OC)C1OC)[C@H](O[C@@H]1OC(C)[C@@H](OC(C)=O)C(N(C)C)C1OC(C)=O)[C@H]2C. The third-order valence-electron chi connectivity index (χ3n) is 25.6. The van der Waals surface area contributed by atoms with Gasteiger partial charge in [-0.2, -0.15) is 0 Å². The first kappa shape index (κ1) is 104. The molecule has 8 rings (SSSR count). The van der Waals surface area contributed by atoms with Crippen molar-refractivity contribution in [3.05, 3.63) is 71.9 Å². The Morgan fingerprint density at radius 3 is 1.23 bits per heavy atom. The van der Waals surface area contributed by atoms with Gasteiger partial charge in [-0.1, -0.05) is 115 Å². The van der Waals surface area contributed by atoms with Crippen LogP contribution < -0.4 is 0 Å². The van der Waals surface area contributed by atoms with Crippen molar-refractivity contribution in [2.24, 2.45) is 59.2 Å². The van der Waals surface area contributed by atoms with E-state index in [1.54, 1.807) is 99.7 Å². The Kier molecular flexibility index (Phi) is 43.6. The maximum atomic E-state index is 14.3. The number of allylic oxidation sites excluding steroid dienone is 6. The number of carbonyl (C=O) groups is 6. The maximum Gasteiger partial charge on any atom is 0.308 e. The quantitative estimate of drug-likeness (QED) is 0.0650. The highest BCUT2D eigenvalue weighted by atomic mass is 16.7. The van der Waals surface area contributed by atoms with Gasteiger partial charge in [-0.15, -0.1) is 0 Å². The molecule has 0 aromatic rings. The summed E-state index contributed by atoms with van der Waals surface area (Å²) in [4.78, 5) is 84.9. The number of aliphatic hydroxyl groups is 2. The molecule has 0 saturated carbocycles. The van der Waals surface area contributed by atoms with Crippen LogP contribution in [0.15, 0.2) is 71.9 Å². The van der Waals surface area contributed by atoms with Gasteiger partial charge in [0.25, 0.3) is 0 Å². The zero-order valence-electron chi connectivity index (χ0n) is 77.1. The summed E-state index contributed by atoms with van der Waals surface area (Å²) in [5.41, 5.74) is 1.60. The molecule has 4 saturated heterocycles. The molecule has 4 fully saturated rings. The van der Waals surface area contributed by atoms with Gasteiger partial charge >= 0.3 is 23.9 Å². The van der Waals surface area contributed by atoms with Gasteiger partial charge in [0, 0.05) is 103 Å². The highest BCUT2D eigenvalue weighted by Crippen LogP contribution is 2.41. The van der Waals surface area contributed by atoms with Gasteiger partial charge in [-0.25, -0.2) is 0 Å². The summed E-state index contributed by atoms with van der Waals surface area (Å²) in [6.45, 7) is 31.8. The fourth-order valence-corrected chi connectivity index (χ4v) is 18.2. The van der Waals surface area contributed by atoms with Crippen molar-refractivity contribution in [1.82, 2.24) is 9.80 Å². The van der Waals surface area contributed by atoms with Crippen LogP contribution >= 0.6 is 0 Å². The summed E-state index contributed by atoms with van der Waals surface area (Å²) >= 11 is 0. The van der Waals surface area contributed by atoms with Crippen LogP contribution in [0, 0.1) is 59.2 Å². The van der Waals surface area contributed by atoms with Gasteiger partial charge < -0.3 is 110 Å². The van der Waals surface area contributed by atoms with E-state index in [0.29, 0.717) is 65.0 Å². The number of likely N-dealkylation sites (N-methyl/N-ethyl adjacent to an activating group) is 2. The molecule has 8 heterocycles. The summed E-state index contributed by atoms with van der Waals surface area (Å²) < 4.78 is 125. The molecule has 0 amide bonds. The molecule has 0 spiro atoms. The van der Waals surface area contributed by atoms with Crippen LogP contribution in [-0.4, -0.2) is 312 Å². The van der Waals surface area contributed by atoms with Gasteiger partial charge in [0.05, 0.1) is 132 Å². The monoisotopic (exact) mass is 1730 g/mol. The fourth-order valence-electron chi connectivity index (χ4n) is 18.2. The minimum atomic E-state index is -1.19. The van der Waals surface area contributed by atoms with Gasteiger partial charge in [0.1, 0.15) is 36.6 Å². The normalized spacial score (nSPS) is 42.1. The van der Waals surface area contributed by atoms with E-state index in [-0.39, 0.29) is 98.9 Å². The highest BCUT2D eigenvalue weighted by Gasteiger charge is 2.54. The zero-order chi connectivity index (χ0) is 89.9. The Morgan fingerprint density at radius 2 is 0.836 bits per heavy atom. The van der Waals surface area contributed by atoms with Gasteiger partial charge in [-0.3, -0.25) is 33.7 Å². The topological polar surface area (TPSA) is 334 Å². The maximum absolute atomic E-state index is 14.3. The Morgan fingerprint density at radius 1 is 0.451 bits per heavy atom. The molecule has 2 N–H and O–H groups in total. The van der Waals surface area contributed by atoms with Crippen LogP contribution in [0.2, 0.25) is 0 Å². The highest BCUT2D eigenvalue weighted by molar-refractivity contribution is 5.92. The van der Waals surface area contributed by atoms with E-state index in [2.05, 4.69) is 13.8 Å². The molecular weight excluding hydrogens is 1580 g/mol. The average Bonchev–Trinajstić information content (AvgIpc) is 0.796. The Balaban J connectivity index is 0.000000337. The van der Waals surface area contributed by atoms with Crippen LogP contribution in [0.5, 0.6) is 0 Å². The molecule has 10 unspecified atom stereocenters. The molecule has 4 bridgehead atoms. The van der Waals surface area contributed by atoms with E-state index in [9.17, 15) is 39.0 Å². The molecule has 122 heavy (non-hydrogen) atoms. The van der Waals surface area contributed by atoms with Crippen molar-refractivity contribution >= 4 is 35.4 Å². The number of methoxy groups -OCH3 is 4. The van der Waals surface area contributed by atoms with Crippen LogP contribution in [0.3, 0.4) is 0 Å². The number of ether oxygens (including phenoxy) is 20. The lowest BCUT2D eigenvalue weighted by molar-refractivity contribution is -0.308. The molecule has 30 nitrogen and oxygen atoms in total. The fraction of sp³-hybridized carbons (Fsp3) is 0.804. The Bertz CT molecular complexity index is 3400. The molecule has 696 valence electrons. The second-order valence-corrected chi connectivity index (χ2v) is 35.1. The third kappa shape index (κ3) is 29.5. The number of rotatable bonds is 20. The molecule has 0 aromatic heterocycles. The van der Waals surface area contributed by atoms with E-state index < -0.39 is 182 Å². The lowest BCUT2D eigenvalue weighted by Crippen LogP contribution is -2.65. The van der Waals surface area contributed by atoms with Crippen molar-refractivity contribution in [3.8, 4) is 0 Å². The lowest BCUT2D eigenvalue weighted by Gasteiger charge is -2.48. The van der Waals surface area contributed by atoms with Crippen molar-refractivity contribution in [2.45, 2.75) is 309 Å². The van der Waals surface area contributed by atoms with Gasteiger partial charge in [0.2, 0.25) is 0 Å². The smallest absolute Gasteiger partial charge is 0.308 e. The second kappa shape index (κ2) is 51.2. The van der Waals surface area contributed by atoms with E-state index in [0.717, 1.165) is 11.1 Å². The largest absolute Gasteiger partial charge is 0.462 e. The molecule has 34 atom stereocenters. The zero-order valence-corrected chi connectivity index (χ0v) is 77.1. The number of ketones is 2. The number of cyclic esters (lactones) is 2. The minimum absolute atomic E-state index is 0.0501. The standard InChI is InChI=1S/C48H77NO15.C44H73NO13/c1-14-38-36(26-58-47-46(55-13)43(54-12)29(4)31(6)59-47)23-27(2)17-18-37(52)28(3)24-35-19-22-56-20-15-16-21-57-39(25-40(53)63-38)30(5)42(35)64-48-45(62-34(9)51)41(49(10)11)44(32(7)60-48)61-33(8)50;1-12-34-32(24-54-44-42(51-11)41(50-10)27(4)29(6)55-44)21-25(2)15-16-33(46)26(3)22-31-17-20-52-18-13-14-19-53-35(23-36(47)57-34)28(5)40(31)58-43-39(49)37(45(8)9)38(48)30(7)56-43/h15-18,23,28-32,35-36,38-39,41-48H,14,19-22,24-26H2,1-13H3;13-16,21,26-32,34-35,37-44,48-49H,12,17-20,22-24H2,1-11H3/b16-15+,18-17+,27-23+;14-13+,16-15+,25-21+/t28-,29-,30+,31?,32?,35+,36-,38-,39-,41?,42-,43+,44-,45?,46?,47-,48+;26-,27-,28+,29?,30?,31+,32-,34-,35-,37?,38-,39?,40-,41+,42?,43+,44-/m11/s1. The van der Waals surface area contributed by atoms with E-state index in [1.807, 2.05) is 111 Å². The summed E-state index contributed by atoms with van der Waals surface area (Å²) in [5.74, 6) is -5.22. The molecule has 0 aliphatic carbocycles. The van der Waals surface area contributed by atoms with Crippen LogP contribution in [0.4, 0.5) is 0 Å². The number of hydrogen-bond acceptors (Lipinski definition) is 30. The molecule has 8 aliphatic heterocycles. The van der Waals surface area contributed by atoms with Gasteiger partial charge in [0.15, 0.2) is 42.8 Å². The molecule has 0 radical (unpaired) electrons. The first-order valence-electron chi connectivity index (χ1n) is 44.2. The molecule has 30 heteroatoms. The van der Waals surface area contributed by atoms with E-state index in [4.69, 9.17) is 94.7 Å². The molecule has 8 aliphatic rings. The number of aliphatic hydroxyl groups excluding tert-OH is 2. The third-order valence-corrected chi connectivity index (χ3v) is 25.6. The first-order valence-corrected chi connectivity index (χ1v) is 44.2. The Labute approximate surface area is 725 Å². The van der Waals surface area contributed by atoms with E-state index >= 15 is 0 Å². The average molecular weight is 1730 g/mol. The number of hydrogen-bond donors (Lipinski definition) is 2. The summed E-state index contributed by atoms with van der Waals surface area (Å²) in [6, 6.07) is -1.30. The van der Waals surface area contributed by atoms with Crippen LogP contribution in [0.1, 0.15) is 162 Å². The van der Waals surface area contributed by atoms with Crippen LogP contribution in [-0.2, 0) is 124 Å². The summed E-state index contributed by atoms with van der Waals surface area (Å²) in [6.07, 6.45) is 6.06. The van der Waals surface area contributed by atoms with E-state index in [1.165, 1.54) is 13.8 Å². The molecular formula is C92H150N2O28. The van der Waals surface area contributed by atoms with Crippen molar-refractivity contribution in [1.29, 1.82) is 0 Å². The lowest BCUT2D eigenvalue weighted by atomic mass is 9.79. The first-order chi connectivity index (χ1) is 58.0. The van der Waals surface area contributed by atoms with Crippen molar-refractivity contribution in [3.63, 3.8) is 0 Å². The number of fused-ring (bicyclic) bond motifs is 6. The van der Waals surface area contributed by atoms with Gasteiger partial charge in [-0.05, 0) is 132 Å². The number of esters is 4. The predicted molar refractivity (Wildman–Crippen MR) is 452 cm³/mol. The minimum Gasteiger partial charge on any atom is -0.462 e. The summed E-state index contributed by atoms with van der Waals surface area (Å²) in [5, 5.41) is 22.5. The van der Waals surface area contributed by atoms with Crippen LogP contribution in [0.25, 0.3) is 0 Å².